The van der Waals surface area contributed by atoms with E-state index in [1.54, 1.807) is 4.90 Å². The van der Waals surface area contributed by atoms with Gasteiger partial charge in [-0.2, -0.15) is 0 Å². The van der Waals surface area contributed by atoms with Crippen molar-refractivity contribution in [3.63, 3.8) is 0 Å². The maximum Gasteiger partial charge on any atom is 0.254 e. The van der Waals surface area contributed by atoms with Crippen molar-refractivity contribution >= 4 is 28.4 Å². The number of para-hydroxylation sites is 1. The first kappa shape index (κ1) is 16.1. The third-order valence-electron chi connectivity index (χ3n) is 4.62. The molecule has 3 nitrogen and oxygen atoms in total. The summed E-state index contributed by atoms with van der Waals surface area (Å²) >= 11 is 6.05. The van der Waals surface area contributed by atoms with Crippen molar-refractivity contribution in [2.24, 2.45) is 0 Å². The third kappa shape index (κ3) is 3.38. The molecule has 1 aromatic heterocycles. The number of pyridine rings is 1. The minimum Gasteiger partial charge on any atom is -0.337 e. The fourth-order valence-electron chi connectivity index (χ4n) is 3.15. The van der Waals surface area contributed by atoms with Crippen LogP contribution < -0.4 is 0 Å². The molecule has 0 unspecified atom stereocenters. The van der Waals surface area contributed by atoms with Gasteiger partial charge in [0.05, 0.1) is 11.1 Å². The second kappa shape index (κ2) is 6.49. The molecule has 0 aliphatic heterocycles. The Balaban J connectivity index is 1.69. The number of halogens is 1. The standard InChI is InChI=1S/C21H19ClN2O/c1-24(13-14-5-4-6-16(22)11-14)21(25)18-12-20(15-9-10-15)23-19-8-3-2-7-17(18)19/h2-8,11-12,15H,9-10,13H2,1H3. The number of carbonyl (C=O) groups is 1. The van der Waals surface area contributed by atoms with E-state index < -0.39 is 0 Å². The summed E-state index contributed by atoms with van der Waals surface area (Å²) in [6.45, 7) is 0.523. The van der Waals surface area contributed by atoms with Gasteiger partial charge in [-0.05, 0) is 42.7 Å². The van der Waals surface area contributed by atoms with Crippen LogP contribution in [-0.2, 0) is 6.54 Å². The summed E-state index contributed by atoms with van der Waals surface area (Å²) in [7, 11) is 1.83. The molecule has 1 amide bonds. The van der Waals surface area contributed by atoms with Crippen molar-refractivity contribution < 1.29 is 4.79 Å². The van der Waals surface area contributed by atoms with Crippen LogP contribution in [0.3, 0.4) is 0 Å². The molecule has 1 aliphatic carbocycles. The highest BCUT2D eigenvalue weighted by atomic mass is 35.5. The van der Waals surface area contributed by atoms with Crippen LogP contribution in [0.4, 0.5) is 0 Å². The number of carbonyl (C=O) groups excluding carboxylic acids is 1. The van der Waals surface area contributed by atoms with E-state index in [2.05, 4.69) is 0 Å². The van der Waals surface area contributed by atoms with Gasteiger partial charge in [-0.15, -0.1) is 0 Å². The van der Waals surface area contributed by atoms with Gasteiger partial charge in [-0.3, -0.25) is 9.78 Å². The number of nitrogens with zero attached hydrogens (tertiary/aromatic N) is 2. The molecular weight excluding hydrogens is 332 g/mol. The number of aromatic nitrogens is 1. The zero-order chi connectivity index (χ0) is 17.4. The van der Waals surface area contributed by atoms with Crippen LogP contribution in [0.25, 0.3) is 10.9 Å². The molecule has 25 heavy (non-hydrogen) atoms. The Morgan fingerprint density at radius 3 is 2.72 bits per heavy atom. The van der Waals surface area contributed by atoms with Crippen LogP contribution in [0.15, 0.2) is 54.6 Å². The third-order valence-corrected chi connectivity index (χ3v) is 4.85. The minimum atomic E-state index is 0.0143. The first-order chi connectivity index (χ1) is 12.1. The second-order valence-electron chi connectivity index (χ2n) is 6.68. The summed E-state index contributed by atoms with van der Waals surface area (Å²) in [6.07, 6.45) is 2.33. The fourth-order valence-corrected chi connectivity index (χ4v) is 3.36. The van der Waals surface area contributed by atoms with E-state index >= 15 is 0 Å². The van der Waals surface area contributed by atoms with Gasteiger partial charge < -0.3 is 4.90 Å². The van der Waals surface area contributed by atoms with Crippen LogP contribution in [0.1, 0.15) is 40.4 Å². The summed E-state index contributed by atoms with van der Waals surface area (Å²) in [5, 5.41) is 1.60. The quantitative estimate of drug-likeness (QED) is 0.660. The molecule has 3 aromatic rings. The zero-order valence-electron chi connectivity index (χ0n) is 14.1. The van der Waals surface area contributed by atoms with E-state index in [1.165, 1.54) is 0 Å². The molecule has 0 radical (unpaired) electrons. The number of amides is 1. The van der Waals surface area contributed by atoms with Crippen molar-refractivity contribution in [3.05, 3.63) is 76.4 Å². The molecule has 0 saturated heterocycles. The van der Waals surface area contributed by atoms with E-state index in [4.69, 9.17) is 16.6 Å². The highest BCUT2D eigenvalue weighted by Gasteiger charge is 2.27. The number of benzene rings is 2. The van der Waals surface area contributed by atoms with E-state index in [0.29, 0.717) is 17.5 Å². The minimum absolute atomic E-state index is 0.0143. The van der Waals surface area contributed by atoms with Gasteiger partial charge in [0, 0.05) is 35.6 Å². The Bertz CT molecular complexity index is 950. The van der Waals surface area contributed by atoms with Crippen LogP contribution in [-0.4, -0.2) is 22.8 Å². The lowest BCUT2D eigenvalue weighted by molar-refractivity contribution is 0.0787. The van der Waals surface area contributed by atoms with E-state index in [9.17, 15) is 4.79 Å². The maximum absolute atomic E-state index is 13.1. The summed E-state index contributed by atoms with van der Waals surface area (Å²) in [5.74, 6) is 0.523. The molecule has 1 heterocycles. The van der Waals surface area contributed by atoms with Crippen molar-refractivity contribution in [1.82, 2.24) is 9.88 Å². The number of hydrogen-bond donors (Lipinski definition) is 0. The van der Waals surface area contributed by atoms with Crippen molar-refractivity contribution in [3.8, 4) is 0 Å². The number of hydrogen-bond acceptors (Lipinski definition) is 2. The smallest absolute Gasteiger partial charge is 0.254 e. The normalized spacial score (nSPS) is 13.8. The molecule has 0 spiro atoms. The molecule has 126 valence electrons. The van der Waals surface area contributed by atoms with Gasteiger partial charge in [0.15, 0.2) is 0 Å². The van der Waals surface area contributed by atoms with Crippen molar-refractivity contribution in [1.29, 1.82) is 0 Å². The zero-order valence-corrected chi connectivity index (χ0v) is 14.8. The number of fused-ring (bicyclic) bond motifs is 1. The predicted octanol–water partition coefficient (Wildman–Crippen LogP) is 5.04. The highest BCUT2D eigenvalue weighted by molar-refractivity contribution is 6.30. The molecular formula is C21H19ClN2O. The van der Waals surface area contributed by atoms with Crippen molar-refractivity contribution in [2.45, 2.75) is 25.3 Å². The van der Waals surface area contributed by atoms with Crippen molar-refractivity contribution in [2.75, 3.05) is 7.05 Å². The molecule has 0 atom stereocenters. The van der Waals surface area contributed by atoms with Gasteiger partial charge in [0.1, 0.15) is 0 Å². The average molecular weight is 351 g/mol. The topological polar surface area (TPSA) is 33.2 Å². The van der Waals surface area contributed by atoms with Crippen LogP contribution in [0.5, 0.6) is 0 Å². The molecule has 0 bridgehead atoms. The summed E-state index contributed by atoms with van der Waals surface area (Å²) in [4.78, 5) is 19.6. The lowest BCUT2D eigenvalue weighted by Gasteiger charge is -2.19. The molecule has 0 N–H and O–H groups in total. The lowest BCUT2D eigenvalue weighted by Crippen LogP contribution is -2.26. The maximum atomic E-state index is 13.1. The lowest BCUT2D eigenvalue weighted by atomic mass is 10.0. The van der Waals surface area contributed by atoms with Gasteiger partial charge in [-0.25, -0.2) is 0 Å². The first-order valence-corrected chi connectivity index (χ1v) is 8.89. The van der Waals surface area contributed by atoms with Gasteiger partial charge >= 0.3 is 0 Å². The number of rotatable bonds is 4. The Morgan fingerprint density at radius 2 is 1.96 bits per heavy atom. The predicted molar refractivity (Wildman–Crippen MR) is 101 cm³/mol. The van der Waals surface area contributed by atoms with Crippen LogP contribution >= 0.6 is 11.6 Å². The average Bonchev–Trinajstić information content (AvgIpc) is 3.45. The monoisotopic (exact) mass is 350 g/mol. The Labute approximate surface area is 152 Å². The summed E-state index contributed by atoms with van der Waals surface area (Å²) < 4.78 is 0. The summed E-state index contributed by atoms with van der Waals surface area (Å²) in [6, 6.07) is 17.5. The molecule has 4 rings (SSSR count). The van der Waals surface area contributed by atoms with Crippen LogP contribution in [0, 0.1) is 0 Å². The van der Waals surface area contributed by atoms with Gasteiger partial charge in [0.2, 0.25) is 0 Å². The largest absolute Gasteiger partial charge is 0.337 e. The second-order valence-corrected chi connectivity index (χ2v) is 7.11. The molecule has 1 saturated carbocycles. The SMILES string of the molecule is CN(Cc1cccc(Cl)c1)C(=O)c1cc(C2CC2)nc2ccccc12. The van der Waals surface area contributed by atoms with Gasteiger partial charge in [-0.1, -0.05) is 41.9 Å². The Kier molecular flexibility index (Phi) is 4.18. The van der Waals surface area contributed by atoms with E-state index in [-0.39, 0.29) is 5.91 Å². The Hall–Kier alpha value is -2.39. The highest BCUT2D eigenvalue weighted by Crippen LogP contribution is 2.40. The molecule has 4 heteroatoms. The summed E-state index contributed by atoms with van der Waals surface area (Å²) in [5.41, 5.74) is 3.69. The van der Waals surface area contributed by atoms with E-state index in [1.807, 2.05) is 61.6 Å². The van der Waals surface area contributed by atoms with Gasteiger partial charge in [0.25, 0.3) is 5.91 Å². The van der Waals surface area contributed by atoms with E-state index in [0.717, 1.165) is 40.6 Å². The fraction of sp³-hybridized carbons (Fsp3) is 0.238. The molecule has 2 aromatic carbocycles. The molecule has 1 fully saturated rings. The Morgan fingerprint density at radius 1 is 1.16 bits per heavy atom. The molecule has 1 aliphatic rings. The van der Waals surface area contributed by atoms with Crippen LogP contribution in [0.2, 0.25) is 5.02 Å². The first-order valence-electron chi connectivity index (χ1n) is 8.51.